The number of carbonyl (C=O) groups excluding carboxylic acids is 1. The molecular formula is C20H30O3. The smallest absolute Gasteiger partial charge is 0.159 e. The molecule has 0 saturated heterocycles. The Kier molecular flexibility index (Phi) is 5.35. The molecule has 0 atom stereocenters. The summed E-state index contributed by atoms with van der Waals surface area (Å²) in [5.41, 5.74) is 2.63. The van der Waals surface area contributed by atoms with Crippen molar-refractivity contribution in [3.05, 3.63) is 40.2 Å². The summed E-state index contributed by atoms with van der Waals surface area (Å²) in [6.45, 7) is 15.3. The van der Waals surface area contributed by atoms with Crippen molar-refractivity contribution in [1.29, 1.82) is 0 Å². The van der Waals surface area contributed by atoms with Crippen LogP contribution < -0.4 is 0 Å². The van der Waals surface area contributed by atoms with Gasteiger partial charge in [-0.15, -0.1) is 0 Å². The highest BCUT2D eigenvalue weighted by Gasteiger charge is 2.27. The fourth-order valence-corrected chi connectivity index (χ4v) is 2.65. The second kappa shape index (κ2) is 6.38. The van der Waals surface area contributed by atoms with Crippen LogP contribution in [0.15, 0.2) is 23.5 Å². The first-order chi connectivity index (χ1) is 10.2. The Morgan fingerprint density at radius 2 is 1.35 bits per heavy atom. The van der Waals surface area contributed by atoms with Crippen LogP contribution in [0.3, 0.4) is 0 Å². The molecule has 3 nitrogen and oxygen atoms in total. The van der Waals surface area contributed by atoms with Crippen molar-refractivity contribution in [3.8, 4) is 5.75 Å². The fraction of sp³-hybridized carbons (Fsp3) is 0.550. The molecule has 0 unspecified atom stereocenters. The quantitative estimate of drug-likeness (QED) is 0.612. The Bertz CT molecular complexity index is 599. The van der Waals surface area contributed by atoms with Gasteiger partial charge in [-0.05, 0) is 41.4 Å². The normalized spacial score (nSPS) is 13.7. The van der Waals surface area contributed by atoms with Gasteiger partial charge in [0.1, 0.15) is 5.75 Å². The Morgan fingerprint density at radius 3 is 1.61 bits per heavy atom. The van der Waals surface area contributed by atoms with Gasteiger partial charge in [-0.3, -0.25) is 4.79 Å². The van der Waals surface area contributed by atoms with E-state index in [1.165, 1.54) is 13.8 Å². The van der Waals surface area contributed by atoms with Crippen LogP contribution in [0.2, 0.25) is 0 Å². The minimum atomic E-state index is -0.214. The number of carbonyl (C=O) groups is 1. The average molecular weight is 318 g/mol. The lowest BCUT2D eigenvalue weighted by atomic mass is 9.78. The molecule has 0 radical (unpaired) electrons. The van der Waals surface area contributed by atoms with Crippen LogP contribution in [-0.2, 0) is 22.0 Å². The van der Waals surface area contributed by atoms with Crippen LogP contribution in [0.5, 0.6) is 5.75 Å². The number of Topliss-reactive ketones (excluding diaryl/α,β-unsaturated/α-hetero) is 1. The molecule has 0 aliphatic heterocycles. The van der Waals surface area contributed by atoms with Crippen molar-refractivity contribution >= 4 is 5.78 Å². The molecule has 3 heteroatoms. The van der Waals surface area contributed by atoms with E-state index in [1.807, 2.05) is 12.1 Å². The molecule has 0 spiro atoms. The summed E-state index contributed by atoms with van der Waals surface area (Å²) in [5, 5.41) is 20.5. The van der Waals surface area contributed by atoms with Gasteiger partial charge in [0.2, 0.25) is 0 Å². The third-order valence-corrected chi connectivity index (χ3v) is 4.03. The zero-order chi connectivity index (χ0) is 18.2. The zero-order valence-corrected chi connectivity index (χ0v) is 15.7. The third-order valence-electron chi connectivity index (χ3n) is 4.03. The van der Waals surface area contributed by atoms with Crippen LogP contribution in [0.4, 0.5) is 0 Å². The van der Waals surface area contributed by atoms with E-state index in [1.54, 1.807) is 0 Å². The number of aliphatic hydroxyl groups excluding tert-OH is 1. The van der Waals surface area contributed by atoms with Gasteiger partial charge in [0.15, 0.2) is 5.78 Å². The predicted octanol–water partition coefficient (Wildman–Crippen LogP) is 4.95. The maximum atomic E-state index is 11.8. The maximum absolute atomic E-state index is 11.8. The molecule has 2 N–H and O–H groups in total. The fourth-order valence-electron chi connectivity index (χ4n) is 2.65. The van der Waals surface area contributed by atoms with E-state index in [4.69, 9.17) is 0 Å². The average Bonchev–Trinajstić information content (AvgIpc) is 2.33. The van der Waals surface area contributed by atoms with Crippen molar-refractivity contribution in [2.45, 2.75) is 72.6 Å². The SMILES string of the molecule is CC(=O)/C(Cc1cc(C(C)(C)C)c(O)c(C(C)(C)C)c1)=C(\C)O. The topological polar surface area (TPSA) is 57.5 Å². The van der Waals surface area contributed by atoms with Crippen molar-refractivity contribution in [2.24, 2.45) is 0 Å². The molecule has 0 aliphatic carbocycles. The highest BCUT2D eigenvalue weighted by atomic mass is 16.3. The highest BCUT2D eigenvalue weighted by molar-refractivity contribution is 5.94. The summed E-state index contributed by atoms with van der Waals surface area (Å²) in [7, 11) is 0. The molecule has 0 saturated carbocycles. The number of phenolic OH excluding ortho intramolecular Hbond substituents is 1. The molecule has 128 valence electrons. The van der Waals surface area contributed by atoms with Crippen molar-refractivity contribution in [1.82, 2.24) is 0 Å². The molecule has 23 heavy (non-hydrogen) atoms. The van der Waals surface area contributed by atoms with Crippen LogP contribution in [0.1, 0.15) is 72.1 Å². The Labute approximate surface area is 140 Å². The van der Waals surface area contributed by atoms with Gasteiger partial charge in [-0.1, -0.05) is 53.7 Å². The number of aromatic hydroxyl groups is 1. The minimum absolute atomic E-state index is 0.0557. The van der Waals surface area contributed by atoms with Gasteiger partial charge < -0.3 is 10.2 Å². The molecule has 0 heterocycles. The van der Waals surface area contributed by atoms with Crippen molar-refractivity contribution in [3.63, 3.8) is 0 Å². The summed E-state index contributed by atoms with van der Waals surface area (Å²) in [6, 6.07) is 3.88. The van der Waals surface area contributed by atoms with Crippen LogP contribution >= 0.6 is 0 Å². The van der Waals surface area contributed by atoms with Crippen LogP contribution in [-0.4, -0.2) is 16.0 Å². The molecule has 1 rings (SSSR count). The second-order valence-corrected chi connectivity index (χ2v) is 8.34. The lowest BCUT2D eigenvalue weighted by Gasteiger charge is -2.28. The minimum Gasteiger partial charge on any atom is -0.512 e. The van der Waals surface area contributed by atoms with Gasteiger partial charge in [0.25, 0.3) is 0 Å². The number of hydrogen-bond donors (Lipinski definition) is 2. The molecular weight excluding hydrogens is 288 g/mol. The Balaban J connectivity index is 3.57. The number of hydrogen-bond acceptors (Lipinski definition) is 3. The third kappa shape index (κ3) is 4.60. The standard InChI is InChI=1S/C20H30O3/c1-12(21)15(13(2)22)9-14-10-16(19(3,4)5)18(23)17(11-14)20(6,7)8/h10-11,21,23H,9H2,1-8H3/b15-12+. The van der Waals surface area contributed by atoms with Gasteiger partial charge in [-0.25, -0.2) is 0 Å². The molecule has 1 aromatic rings. The summed E-state index contributed by atoms with van der Waals surface area (Å²) in [4.78, 5) is 11.8. The maximum Gasteiger partial charge on any atom is 0.159 e. The highest BCUT2D eigenvalue weighted by Crippen LogP contribution is 2.40. The van der Waals surface area contributed by atoms with Gasteiger partial charge >= 0.3 is 0 Å². The summed E-state index contributed by atoms with van der Waals surface area (Å²) < 4.78 is 0. The largest absolute Gasteiger partial charge is 0.512 e. The van der Waals surface area contributed by atoms with Gasteiger partial charge in [0.05, 0.1) is 5.76 Å². The van der Waals surface area contributed by atoms with E-state index in [0.29, 0.717) is 17.7 Å². The molecule has 0 aliphatic rings. The summed E-state index contributed by atoms with van der Waals surface area (Å²) in [6.07, 6.45) is 0.365. The summed E-state index contributed by atoms with van der Waals surface area (Å²) >= 11 is 0. The van der Waals surface area contributed by atoms with Crippen LogP contribution in [0, 0.1) is 0 Å². The van der Waals surface area contributed by atoms with E-state index in [0.717, 1.165) is 16.7 Å². The lowest BCUT2D eigenvalue weighted by Crippen LogP contribution is -2.18. The first kappa shape index (κ1) is 19.3. The molecule has 1 aromatic carbocycles. The number of ketones is 1. The Hall–Kier alpha value is -1.77. The number of rotatable bonds is 3. The first-order valence-electron chi connectivity index (χ1n) is 8.01. The van der Waals surface area contributed by atoms with Crippen LogP contribution in [0.25, 0.3) is 0 Å². The van der Waals surface area contributed by atoms with E-state index >= 15 is 0 Å². The monoisotopic (exact) mass is 318 g/mol. The number of benzene rings is 1. The van der Waals surface area contributed by atoms with E-state index in [9.17, 15) is 15.0 Å². The first-order valence-corrected chi connectivity index (χ1v) is 8.01. The number of aliphatic hydroxyl groups is 1. The number of allylic oxidation sites excluding steroid dienone is 2. The van der Waals surface area contributed by atoms with E-state index < -0.39 is 0 Å². The molecule has 0 fully saturated rings. The van der Waals surface area contributed by atoms with E-state index in [-0.39, 0.29) is 22.4 Å². The predicted molar refractivity (Wildman–Crippen MR) is 95.2 cm³/mol. The zero-order valence-electron chi connectivity index (χ0n) is 15.7. The molecule has 0 bridgehead atoms. The second-order valence-electron chi connectivity index (χ2n) is 8.34. The van der Waals surface area contributed by atoms with Gasteiger partial charge in [0, 0.05) is 12.0 Å². The van der Waals surface area contributed by atoms with Crippen molar-refractivity contribution < 1.29 is 15.0 Å². The number of phenols is 1. The lowest BCUT2D eigenvalue weighted by molar-refractivity contribution is -0.113. The summed E-state index contributed by atoms with van der Waals surface area (Å²) in [5.74, 6) is 0.246. The van der Waals surface area contributed by atoms with E-state index in [2.05, 4.69) is 41.5 Å². The molecule has 0 amide bonds. The Morgan fingerprint density at radius 1 is 0.957 bits per heavy atom. The molecule has 0 aromatic heterocycles. The van der Waals surface area contributed by atoms with Gasteiger partial charge in [-0.2, -0.15) is 0 Å². The van der Waals surface area contributed by atoms with Crippen molar-refractivity contribution in [2.75, 3.05) is 0 Å².